The van der Waals surface area contributed by atoms with E-state index in [4.69, 9.17) is 39.6 Å². The van der Waals surface area contributed by atoms with Gasteiger partial charge in [-0.1, -0.05) is 12.1 Å². The number of benzene rings is 1. The highest BCUT2D eigenvalue weighted by Crippen LogP contribution is 2.23. The van der Waals surface area contributed by atoms with E-state index in [-0.39, 0.29) is 10.8 Å². The molecule has 42 heavy (non-hydrogen) atoms. The largest absolute Gasteiger partial charge is 0.473 e. The fraction of sp³-hybridized carbons (Fsp3) is 0.400. The van der Waals surface area contributed by atoms with Crippen molar-refractivity contribution in [3.05, 3.63) is 46.7 Å². The fourth-order valence-electron chi connectivity index (χ4n) is 3.94. The van der Waals surface area contributed by atoms with E-state index in [1.807, 2.05) is 0 Å². The number of sulfonamides is 1. The first kappa shape index (κ1) is 34.3. The molecule has 2 aromatic rings. The van der Waals surface area contributed by atoms with Crippen molar-refractivity contribution in [2.24, 2.45) is 0 Å². The van der Waals surface area contributed by atoms with E-state index in [1.54, 1.807) is 35.6 Å². The Kier molecular flexibility index (Phi) is 13.5. The zero-order chi connectivity index (χ0) is 31.3. The molecular formula is C25H32N4O11S2. The van der Waals surface area contributed by atoms with Gasteiger partial charge in [-0.3, -0.25) is 14.6 Å². The number of piperazine rings is 1. The van der Waals surface area contributed by atoms with E-state index in [2.05, 4.69) is 32.6 Å². The Hall–Kier alpha value is -3.90. The maximum Gasteiger partial charge on any atom is 0.414 e. The lowest BCUT2D eigenvalue weighted by Gasteiger charge is -2.34. The van der Waals surface area contributed by atoms with E-state index in [9.17, 15) is 13.2 Å². The SMILES string of the molecule is O=C(CN1CCN(Cc2cccs2)CC1)Nc1cccc(S(=O)(=O)N2CCCC2)c1.O=C(O)C(=O)O.O=C(O)C(=O)O. The average Bonchev–Trinajstić information content (AvgIpc) is 3.66. The molecular weight excluding hydrogens is 596 g/mol. The minimum Gasteiger partial charge on any atom is -0.473 e. The predicted molar refractivity (Wildman–Crippen MR) is 150 cm³/mol. The lowest BCUT2D eigenvalue weighted by Crippen LogP contribution is -2.48. The van der Waals surface area contributed by atoms with Crippen LogP contribution in [0.2, 0.25) is 0 Å². The first-order valence-electron chi connectivity index (χ1n) is 12.6. The molecule has 0 aliphatic carbocycles. The maximum absolute atomic E-state index is 12.7. The molecule has 0 saturated carbocycles. The number of nitrogens with zero attached hydrogens (tertiary/aromatic N) is 3. The molecule has 1 amide bonds. The third kappa shape index (κ3) is 11.5. The Morgan fingerprint density at radius 3 is 1.81 bits per heavy atom. The van der Waals surface area contributed by atoms with E-state index < -0.39 is 33.9 Å². The lowest BCUT2D eigenvalue weighted by atomic mass is 10.3. The number of carboxylic acid groups (broad SMARTS) is 4. The summed E-state index contributed by atoms with van der Waals surface area (Å²) >= 11 is 1.77. The molecule has 4 rings (SSSR count). The van der Waals surface area contributed by atoms with Crippen molar-refractivity contribution in [2.75, 3.05) is 51.1 Å². The van der Waals surface area contributed by atoms with Crippen LogP contribution in [0.4, 0.5) is 5.69 Å². The Balaban J connectivity index is 0.000000434. The number of carbonyl (C=O) groups is 5. The summed E-state index contributed by atoms with van der Waals surface area (Å²) in [6.45, 7) is 5.99. The molecule has 5 N–H and O–H groups in total. The fourth-order valence-corrected chi connectivity index (χ4v) is 6.25. The molecule has 17 heteroatoms. The summed E-state index contributed by atoms with van der Waals surface area (Å²) in [5, 5.41) is 34.5. The van der Waals surface area contributed by atoms with E-state index in [1.165, 1.54) is 9.18 Å². The van der Waals surface area contributed by atoms with Crippen molar-refractivity contribution in [3.63, 3.8) is 0 Å². The summed E-state index contributed by atoms with van der Waals surface area (Å²) in [7, 11) is -3.49. The Bertz CT molecular complexity index is 1290. The number of aliphatic carboxylic acids is 4. The number of hydrogen-bond acceptors (Lipinski definition) is 10. The predicted octanol–water partition coefficient (Wildman–Crippen LogP) is 0.600. The topological polar surface area (TPSA) is 222 Å². The molecule has 3 heterocycles. The number of amides is 1. The summed E-state index contributed by atoms with van der Waals surface area (Å²) in [5.41, 5.74) is 0.525. The second kappa shape index (κ2) is 16.5. The first-order valence-corrected chi connectivity index (χ1v) is 14.9. The molecule has 0 bridgehead atoms. The van der Waals surface area contributed by atoms with Crippen molar-refractivity contribution in [1.82, 2.24) is 14.1 Å². The van der Waals surface area contributed by atoms with Gasteiger partial charge in [-0.25, -0.2) is 27.6 Å². The quantitative estimate of drug-likeness (QED) is 0.265. The standard InChI is InChI=1S/C21H28N4O3S2.2C2H2O4/c26-21(17-24-12-10-23(11-13-24)16-19-6-4-14-29-19)22-18-5-3-7-20(15-18)30(27,28)25-8-1-2-9-25;2*3-1(4)2(5)6/h3-7,14-15H,1-2,8-13,16-17H2,(H,22,26);2*(H,3,4)(H,5,6). The van der Waals surface area contributed by atoms with Crippen LogP contribution < -0.4 is 5.32 Å². The number of rotatable bonds is 7. The van der Waals surface area contributed by atoms with Gasteiger partial charge in [0, 0.05) is 56.4 Å². The molecule has 230 valence electrons. The summed E-state index contributed by atoms with van der Waals surface area (Å²) in [5.74, 6) is -7.41. The van der Waals surface area contributed by atoms with E-state index in [0.717, 1.165) is 45.6 Å². The van der Waals surface area contributed by atoms with Crippen molar-refractivity contribution in [1.29, 1.82) is 0 Å². The Labute approximate surface area is 245 Å². The molecule has 15 nitrogen and oxygen atoms in total. The van der Waals surface area contributed by atoms with Gasteiger partial charge in [-0.2, -0.15) is 4.31 Å². The van der Waals surface area contributed by atoms with Gasteiger partial charge in [-0.15, -0.1) is 11.3 Å². The number of thiophene rings is 1. The summed E-state index contributed by atoms with van der Waals surface area (Å²) in [4.78, 5) is 55.1. The first-order chi connectivity index (χ1) is 19.8. The van der Waals surface area contributed by atoms with E-state index >= 15 is 0 Å². The Morgan fingerprint density at radius 1 is 0.762 bits per heavy atom. The zero-order valence-electron chi connectivity index (χ0n) is 22.4. The van der Waals surface area contributed by atoms with Gasteiger partial charge in [0.15, 0.2) is 0 Å². The van der Waals surface area contributed by atoms with Gasteiger partial charge in [0.1, 0.15) is 0 Å². The van der Waals surface area contributed by atoms with E-state index in [0.29, 0.717) is 25.3 Å². The van der Waals surface area contributed by atoms with Crippen molar-refractivity contribution in [3.8, 4) is 0 Å². The normalized spacial score (nSPS) is 15.8. The number of anilines is 1. The monoisotopic (exact) mass is 628 g/mol. The van der Waals surface area contributed by atoms with Crippen molar-refractivity contribution < 1.29 is 52.8 Å². The van der Waals surface area contributed by atoms with Gasteiger partial charge in [-0.05, 0) is 42.5 Å². The molecule has 2 aliphatic heterocycles. The van der Waals surface area contributed by atoms with Gasteiger partial charge in [0.05, 0.1) is 11.4 Å². The van der Waals surface area contributed by atoms with Gasteiger partial charge >= 0.3 is 23.9 Å². The highest BCUT2D eigenvalue weighted by Gasteiger charge is 2.27. The second-order valence-electron chi connectivity index (χ2n) is 9.04. The molecule has 0 atom stereocenters. The molecule has 0 unspecified atom stereocenters. The van der Waals surface area contributed by atoms with Crippen LogP contribution in [0.25, 0.3) is 0 Å². The molecule has 1 aromatic heterocycles. The van der Waals surface area contributed by atoms with Crippen LogP contribution in [0.15, 0.2) is 46.7 Å². The van der Waals surface area contributed by atoms with Crippen molar-refractivity contribution >= 4 is 56.8 Å². The van der Waals surface area contributed by atoms with Crippen LogP contribution in [-0.4, -0.2) is 119 Å². The molecule has 0 spiro atoms. The summed E-state index contributed by atoms with van der Waals surface area (Å²) < 4.78 is 27.0. The Morgan fingerprint density at radius 2 is 1.31 bits per heavy atom. The van der Waals surface area contributed by atoms with Crippen molar-refractivity contribution in [2.45, 2.75) is 24.3 Å². The summed E-state index contributed by atoms with van der Waals surface area (Å²) in [6, 6.07) is 10.8. The molecule has 2 saturated heterocycles. The molecule has 1 aromatic carbocycles. The number of nitrogens with one attached hydrogen (secondary N) is 1. The van der Waals surface area contributed by atoms with Gasteiger partial charge in [0.2, 0.25) is 15.9 Å². The zero-order valence-corrected chi connectivity index (χ0v) is 24.1. The molecule has 2 fully saturated rings. The van der Waals surface area contributed by atoms with Gasteiger partial charge < -0.3 is 25.7 Å². The molecule has 2 aliphatic rings. The van der Waals surface area contributed by atoms with Crippen LogP contribution in [0.1, 0.15) is 17.7 Å². The second-order valence-corrected chi connectivity index (χ2v) is 12.0. The lowest BCUT2D eigenvalue weighted by molar-refractivity contribution is -0.159. The van der Waals surface area contributed by atoms with Crippen LogP contribution in [0, 0.1) is 0 Å². The number of hydrogen-bond donors (Lipinski definition) is 5. The minimum atomic E-state index is -3.49. The van der Waals surface area contributed by atoms with Crippen LogP contribution in [0.3, 0.4) is 0 Å². The third-order valence-corrected chi connectivity index (χ3v) is 8.73. The third-order valence-electron chi connectivity index (χ3n) is 5.98. The highest BCUT2D eigenvalue weighted by atomic mass is 32.2. The van der Waals surface area contributed by atoms with Crippen LogP contribution >= 0.6 is 11.3 Å². The van der Waals surface area contributed by atoms with Crippen LogP contribution in [0.5, 0.6) is 0 Å². The van der Waals surface area contributed by atoms with Gasteiger partial charge in [0.25, 0.3) is 0 Å². The average molecular weight is 629 g/mol. The number of carbonyl (C=O) groups excluding carboxylic acids is 1. The highest BCUT2D eigenvalue weighted by molar-refractivity contribution is 7.89. The maximum atomic E-state index is 12.7. The minimum absolute atomic E-state index is 0.113. The van der Waals surface area contributed by atoms with Crippen LogP contribution in [-0.2, 0) is 40.5 Å². The number of carboxylic acids is 4. The summed E-state index contributed by atoms with van der Waals surface area (Å²) in [6.07, 6.45) is 1.80. The molecule has 0 radical (unpaired) electrons. The smallest absolute Gasteiger partial charge is 0.414 e.